The Morgan fingerprint density at radius 1 is 1.29 bits per heavy atom. The van der Waals surface area contributed by atoms with Crippen LogP contribution in [0.15, 0.2) is 30.3 Å². The highest BCUT2D eigenvalue weighted by Crippen LogP contribution is 2.00. The maximum Gasteiger partial charge on any atom is 0.322 e. The lowest BCUT2D eigenvalue weighted by Crippen LogP contribution is -2.33. The topological polar surface area (TPSA) is 110 Å². The van der Waals surface area contributed by atoms with Crippen molar-refractivity contribution in [2.75, 3.05) is 6.61 Å². The molecule has 1 aromatic rings. The normalized spacial score (nSPS) is 13.2. The second-order valence-electron chi connectivity index (χ2n) is 3.79. The summed E-state index contributed by atoms with van der Waals surface area (Å²) in [4.78, 5) is 9.65. The van der Waals surface area contributed by atoms with Crippen molar-refractivity contribution in [1.82, 2.24) is 0 Å². The van der Waals surface area contributed by atoms with Gasteiger partial charge in [0.25, 0.3) is 0 Å². The predicted molar refractivity (Wildman–Crippen MR) is 66.5 cm³/mol. The van der Waals surface area contributed by atoms with Gasteiger partial charge in [0, 0.05) is 6.04 Å². The number of rotatable bonds is 4. The Hall–Kier alpha value is -1.43. The Bertz CT molecular complexity index is 315. The molecule has 1 unspecified atom stereocenters. The van der Waals surface area contributed by atoms with Gasteiger partial charge in [0.1, 0.15) is 6.04 Å². The van der Waals surface area contributed by atoms with Crippen LogP contribution in [0.5, 0.6) is 0 Å². The van der Waals surface area contributed by atoms with Gasteiger partial charge in [-0.1, -0.05) is 30.3 Å². The highest BCUT2D eigenvalue weighted by molar-refractivity contribution is 5.73. The minimum Gasteiger partial charge on any atom is -0.480 e. The number of aliphatic carboxylic acids is 1. The van der Waals surface area contributed by atoms with Crippen LogP contribution in [0.3, 0.4) is 0 Å². The number of nitrogens with two attached hydrogens (primary N) is 2. The number of carbonyl (C=O) groups is 1. The lowest BCUT2D eigenvalue weighted by molar-refractivity contribution is -0.139. The molecule has 0 aliphatic rings. The first-order valence-corrected chi connectivity index (χ1v) is 5.36. The number of benzene rings is 1. The molecule has 5 nitrogen and oxygen atoms in total. The summed E-state index contributed by atoms with van der Waals surface area (Å²) in [5.41, 5.74) is 11.7. The lowest BCUT2D eigenvalue weighted by atomic mass is 10.1. The summed E-state index contributed by atoms with van der Waals surface area (Å²) >= 11 is 0. The van der Waals surface area contributed by atoms with Crippen LogP contribution in [0.2, 0.25) is 0 Å². The SMILES string of the molecule is CC(N)Cc1ccccc1.N[C@@H](CO)C(=O)O. The van der Waals surface area contributed by atoms with E-state index in [0.717, 1.165) is 6.42 Å². The summed E-state index contributed by atoms with van der Waals surface area (Å²) in [5.74, 6) is -1.18. The van der Waals surface area contributed by atoms with Crippen molar-refractivity contribution in [3.63, 3.8) is 0 Å². The molecule has 0 fully saturated rings. The van der Waals surface area contributed by atoms with E-state index in [1.54, 1.807) is 0 Å². The molecular formula is C12H20N2O3. The third-order valence-electron chi connectivity index (χ3n) is 1.91. The van der Waals surface area contributed by atoms with Gasteiger partial charge < -0.3 is 21.7 Å². The van der Waals surface area contributed by atoms with Crippen LogP contribution in [-0.2, 0) is 11.2 Å². The molecule has 0 amide bonds. The minimum absolute atomic E-state index is 0.266. The van der Waals surface area contributed by atoms with E-state index >= 15 is 0 Å². The second kappa shape index (κ2) is 8.69. The minimum atomic E-state index is -1.18. The van der Waals surface area contributed by atoms with Gasteiger partial charge in [-0.3, -0.25) is 4.79 Å². The molecule has 5 heteroatoms. The number of hydrogen-bond donors (Lipinski definition) is 4. The van der Waals surface area contributed by atoms with Crippen LogP contribution in [0.25, 0.3) is 0 Å². The first-order chi connectivity index (χ1) is 7.97. The second-order valence-corrected chi connectivity index (χ2v) is 3.79. The largest absolute Gasteiger partial charge is 0.480 e. The van der Waals surface area contributed by atoms with Crippen LogP contribution in [0.1, 0.15) is 12.5 Å². The predicted octanol–water partition coefficient (Wildman–Crippen LogP) is -0.0331. The van der Waals surface area contributed by atoms with Gasteiger partial charge >= 0.3 is 5.97 Å². The quantitative estimate of drug-likeness (QED) is 0.590. The Labute approximate surface area is 101 Å². The molecule has 2 atom stereocenters. The summed E-state index contributed by atoms with van der Waals surface area (Å²) in [6, 6.07) is 9.44. The molecule has 0 saturated heterocycles. The Morgan fingerprint density at radius 3 is 2.12 bits per heavy atom. The van der Waals surface area contributed by atoms with Crippen molar-refractivity contribution in [1.29, 1.82) is 0 Å². The molecule has 0 aliphatic heterocycles. The van der Waals surface area contributed by atoms with Crippen LogP contribution in [0, 0.1) is 0 Å². The fourth-order valence-corrected chi connectivity index (χ4v) is 1.06. The van der Waals surface area contributed by atoms with Crippen molar-refractivity contribution >= 4 is 5.97 Å². The third-order valence-corrected chi connectivity index (χ3v) is 1.91. The van der Waals surface area contributed by atoms with Gasteiger partial charge in [-0.15, -0.1) is 0 Å². The van der Waals surface area contributed by atoms with E-state index in [4.69, 9.17) is 21.7 Å². The molecule has 1 aromatic carbocycles. The third kappa shape index (κ3) is 8.38. The number of aliphatic hydroxyl groups is 1. The van der Waals surface area contributed by atoms with Crippen LogP contribution < -0.4 is 11.5 Å². The summed E-state index contributed by atoms with van der Waals surface area (Å²) in [6.45, 7) is 1.52. The van der Waals surface area contributed by atoms with E-state index in [9.17, 15) is 4.79 Å². The fraction of sp³-hybridized carbons (Fsp3) is 0.417. The maximum absolute atomic E-state index is 9.65. The highest BCUT2D eigenvalue weighted by Gasteiger charge is 2.07. The Morgan fingerprint density at radius 2 is 1.82 bits per heavy atom. The summed E-state index contributed by atoms with van der Waals surface area (Å²) < 4.78 is 0. The van der Waals surface area contributed by atoms with Crippen LogP contribution in [0.4, 0.5) is 0 Å². The van der Waals surface area contributed by atoms with Gasteiger partial charge in [0.05, 0.1) is 6.61 Å². The maximum atomic E-state index is 9.65. The monoisotopic (exact) mass is 240 g/mol. The molecule has 96 valence electrons. The van der Waals surface area contributed by atoms with Gasteiger partial charge in [-0.25, -0.2) is 0 Å². The lowest BCUT2D eigenvalue weighted by Gasteiger charge is -2.02. The van der Waals surface area contributed by atoms with Gasteiger partial charge in [-0.2, -0.15) is 0 Å². The van der Waals surface area contributed by atoms with Gasteiger partial charge in [0.15, 0.2) is 0 Å². The smallest absolute Gasteiger partial charge is 0.322 e. The zero-order valence-corrected chi connectivity index (χ0v) is 9.91. The Kier molecular flexibility index (Phi) is 7.96. The van der Waals surface area contributed by atoms with Gasteiger partial charge in [-0.05, 0) is 18.9 Å². The average molecular weight is 240 g/mol. The molecule has 0 saturated carbocycles. The van der Waals surface area contributed by atoms with Gasteiger partial charge in [0.2, 0.25) is 0 Å². The number of hydrogen-bond acceptors (Lipinski definition) is 4. The molecule has 1 rings (SSSR count). The molecule has 0 aromatic heterocycles. The molecule has 0 aliphatic carbocycles. The van der Waals surface area contributed by atoms with E-state index in [1.165, 1.54) is 5.56 Å². The van der Waals surface area contributed by atoms with Crippen molar-refractivity contribution in [3.05, 3.63) is 35.9 Å². The van der Waals surface area contributed by atoms with E-state index in [2.05, 4.69) is 12.1 Å². The van der Waals surface area contributed by atoms with Crippen molar-refractivity contribution < 1.29 is 15.0 Å². The first kappa shape index (κ1) is 15.6. The zero-order valence-electron chi connectivity index (χ0n) is 9.91. The first-order valence-electron chi connectivity index (χ1n) is 5.36. The summed E-state index contributed by atoms with van der Waals surface area (Å²) in [7, 11) is 0. The molecular weight excluding hydrogens is 220 g/mol. The number of carboxylic acid groups (broad SMARTS) is 1. The molecule has 6 N–H and O–H groups in total. The van der Waals surface area contributed by atoms with Crippen LogP contribution in [-0.4, -0.2) is 34.9 Å². The van der Waals surface area contributed by atoms with Crippen molar-refractivity contribution in [3.8, 4) is 0 Å². The number of carboxylic acids is 1. The molecule has 17 heavy (non-hydrogen) atoms. The molecule has 0 radical (unpaired) electrons. The van der Waals surface area contributed by atoms with E-state index in [0.29, 0.717) is 0 Å². The molecule has 0 heterocycles. The van der Waals surface area contributed by atoms with E-state index in [1.807, 2.05) is 25.1 Å². The van der Waals surface area contributed by atoms with Crippen molar-refractivity contribution in [2.45, 2.75) is 25.4 Å². The zero-order chi connectivity index (χ0) is 13.3. The van der Waals surface area contributed by atoms with E-state index < -0.39 is 18.6 Å². The van der Waals surface area contributed by atoms with Crippen LogP contribution >= 0.6 is 0 Å². The Balaban J connectivity index is 0.000000325. The van der Waals surface area contributed by atoms with E-state index in [-0.39, 0.29) is 6.04 Å². The average Bonchev–Trinajstić information content (AvgIpc) is 2.29. The highest BCUT2D eigenvalue weighted by atomic mass is 16.4. The fourth-order valence-electron chi connectivity index (χ4n) is 1.06. The number of aliphatic hydroxyl groups excluding tert-OH is 1. The molecule has 0 bridgehead atoms. The van der Waals surface area contributed by atoms with Crippen molar-refractivity contribution in [2.24, 2.45) is 11.5 Å². The standard InChI is InChI=1S/C9H13N.C3H7NO3/c1-8(10)7-9-5-3-2-4-6-9;4-2(1-5)3(6)7/h2-6,8H,7,10H2,1H3;2,5H,1,4H2,(H,6,7)/t;2-/m.0/s1. The summed E-state index contributed by atoms with van der Waals surface area (Å²) in [6.07, 6.45) is 0.973. The molecule has 0 spiro atoms. The summed E-state index contributed by atoms with van der Waals surface area (Å²) in [5, 5.41) is 15.9.